The summed E-state index contributed by atoms with van der Waals surface area (Å²) in [6.07, 6.45) is 3.88. The number of ether oxygens (including phenoxy) is 1. The molecular formula is C15H28O3. The van der Waals surface area contributed by atoms with Gasteiger partial charge in [0, 0.05) is 0 Å². The quantitative estimate of drug-likeness (QED) is 0.508. The van der Waals surface area contributed by atoms with Crippen LogP contribution in [0.2, 0.25) is 0 Å². The van der Waals surface area contributed by atoms with Gasteiger partial charge in [0.1, 0.15) is 0 Å². The number of aliphatic hydroxyl groups is 1. The second-order valence-corrected chi connectivity index (χ2v) is 5.26. The van der Waals surface area contributed by atoms with E-state index in [4.69, 9.17) is 4.74 Å². The maximum Gasteiger partial charge on any atom is 0.312 e. The van der Waals surface area contributed by atoms with Crippen molar-refractivity contribution in [2.24, 2.45) is 11.3 Å². The second kappa shape index (κ2) is 8.30. The largest absolute Gasteiger partial charge is 0.466 e. The van der Waals surface area contributed by atoms with E-state index in [1.54, 1.807) is 13.0 Å². The summed E-state index contributed by atoms with van der Waals surface area (Å²) >= 11 is 0. The topological polar surface area (TPSA) is 46.5 Å². The zero-order valence-corrected chi connectivity index (χ0v) is 12.2. The molecule has 2 atom stereocenters. The van der Waals surface area contributed by atoms with Gasteiger partial charge >= 0.3 is 5.97 Å². The van der Waals surface area contributed by atoms with E-state index in [1.807, 2.05) is 20.8 Å². The molecule has 0 aliphatic heterocycles. The number of carbonyl (C=O) groups excluding carboxylic acids is 1. The molecule has 0 unspecified atom stereocenters. The number of hydrogen-bond acceptors (Lipinski definition) is 3. The molecule has 0 heterocycles. The van der Waals surface area contributed by atoms with Gasteiger partial charge in [0.2, 0.25) is 0 Å². The van der Waals surface area contributed by atoms with Crippen LogP contribution in [0.25, 0.3) is 0 Å². The van der Waals surface area contributed by atoms with Crippen molar-refractivity contribution >= 4 is 5.97 Å². The van der Waals surface area contributed by atoms with Gasteiger partial charge in [0.15, 0.2) is 0 Å². The summed E-state index contributed by atoms with van der Waals surface area (Å²) in [5.74, 6) is -0.0630. The third-order valence-electron chi connectivity index (χ3n) is 3.34. The van der Waals surface area contributed by atoms with E-state index < -0.39 is 11.5 Å². The molecule has 106 valence electrons. The van der Waals surface area contributed by atoms with Crippen molar-refractivity contribution in [2.45, 2.75) is 59.5 Å². The van der Waals surface area contributed by atoms with Crippen LogP contribution >= 0.6 is 0 Å². The fourth-order valence-corrected chi connectivity index (χ4v) is 2.23. The van der Waals surface area contributed by atoms with E-state index in [0.717, 1.165) is 12.8 Å². The fraction of sp³-hybridized carbons (Fsp3) is 0.800. The Labute approximate surface area is 111 Å². The molecule has 0 saturated carbocycles. The van der Waals surface area contributed by atoms with Crippen LogP contribution < -0.4 is 0 Å². The van der Waals surface area contributed by atoms with Gasteiger partial charge in [-0.15, -0.1) is 6.58 Å². The first kappa shape index (κ1) is 17.2. The number of allylic oxidation sites excluding steroid dienone is 1. The van der Waals surface area contributed by atoms with Crippen LogP contribution in [0.15, 0.2) is 12.7 Å². The molecule has 3 heteroatoms. The molecule has 0 aromatic carbocycles. The van der Waals surface area contributed by atoms with Gasteiger partial charge in [-0.05, 0) is 32.1 Å². The smallest absolute Gasteiger partial charge is 0.312 e. The van der Waals surface area contributed by atoms with Gasteiger partial charge in [-0.3, -0.25) is 4.79 Å². The highest BCUT2D eigenvalue weighted by Crippen LogP contribution is 2.37. The minimum absolute atomic E-state index is 0.139. The van der Waals surface area contributed by atoms with Gasteiger partial charge in [-0.25, -0.2) is 0 Å². The summed E-state index contributed by atoms with van der Waals surface area (Å²) in [6.45, 7) is 11.9. The first-order chi connectivity index (χ1) is 8.43. The van der Waals surface area contributed by atoms with Crippen molar-refractivity contribution < 1.29 is 14.6 Å². The van der Waals surface area contributed by atoms with Gasteiger partial charge in [0.25, 0.3) is 0 Å². The molecule has 0 aromatic rings. The van der Waals surface area contributed by atoms with E-state index in [-0.39, 0.29) is 11.9 Å². The third kappa shape index (κ3) is 4.81. The Balaban J connectivity index is 5.06. The Kier molecular flexibility index (Phi) is 7.92. The van der Waals surface area contributed by atoms with E-state index in [9.17, 15) is 9.90 Å². The number of esters is 1. The lowest BCUT2D eigenvalue weighted by molar-refractivity contribution is -0.158. The lowest BCUT2D eigenvalue weighted by atomic mass is 9.74. The number of hydrogen-bond donors (Lipinski definition) is 1. The van der Waals surface area contributed by atoms with Crippen molar-refractivity contribution in [1.29, 1.82) is 0 Å². The van der Waals surface area contributed by atoms with E-state index >= 15 is 0 Å². The lowest BCUT2D eigenvalue weighted by Gasteiger charge is -2.33. The van der Waals surface area contributed by atoms with Crippen molar-refractivity contribution in [3.05, 3.63) is 12.7 Å². The Hall–Kier alpha value is -0.830. The summed E-state index contributed by atoms with van der Waals surface area (Å²) < 4.78 is 5.20. The lowest BCUT2D eigenvalue weighted by Crippen LogP contribution is -2.37. The van der Waals surface area contributed by atoms with Crippen molar-refractivity contribution in [3.8, 4) is 0 Å². The minimum atomic E-state index is -0.615. The molecule has 0 fully saturated rings. The molecule has 1 N–H and O–H groups in total. The van der Waals surface area contributed by atoms with E-state index in [2.05, 4.69) is 6.58 Å². The zero-order chi connectivity index (χ0) is 14.2. The number of carbonyl (C=O) groups is 1. The summed E-state index contributed by atoms with van der Waals surface area (Å²) in [6, 6.07) is 0. The Morgan fingerprint density at radius 3 is 2.44 bits per heavy atom. The average Bonchev–Trinajstić information content (AvgIpc) is 2.29. The van der Waals surface area contributed by atoms with Crippen LogP contribution in [0.3, 0.4) is 0 Å². The summed E-state index contributed by atoms with van der Waals surface area (Å²) in [4.78, 5) is 12.2. The first-order valence-corrected chi connectivity index (χ1v) is 6.89. The molecule has 18 heavy (non-hydrogen) atoms. The molecule has 0 saturated heterocycles. The van der Waals surface area contributed by atoms with Gasteiger partial charge in [-0.2, -0.15) is 0 Å². The first-order valence-electron chi connectivity index (χ1n) is 6.89. The minimum Gasteiger partial charge on any atom is -0.466 e. The Bertz CT molecular complexity index is 260. The molecule has 0 radical (unpaired) electrons. The molecule has 0 aliphatic carbocycles. The third-order valence-corrected chi connectivity index (χ3v) is 3.34. The van der Waals surface area contributed by atoms with E-state index in [0.29, 0.717) is 19.4 Å². The highest BCUT2D eigenvalue weighted by molar-refractivity contribution is 5.77. The SMILES string of the molecule is C=CC[C@](CCC)(C[C@@H](O)C(C)C)C(=O)OCC. The monoisotopic (exact) mass is 256 g/mol. The Morgan fingerprint density at radius 2 is 2.06 bits per heavy atom. The highest BCUT2D eigenvalue weighted by Gasteiger charge is 2.40. The van der Waals surface area contributed by atoms with Crippen molar-refractivity contribution in [3.63, 3.8) is 0 Å². The predicted molar refractivity (Wildman–Crippen MR) is 74.2 cm³/mol. The molecular weight excluding hydrogens is 228 g/mol. The molecule has 0 bridgehead atoms. The van der Waals surface area contributed by atoms with Crippen LogP contribution in [0.5, 0.6) is 0 Å². The van der Waals surface area contributed by atoms with Crippen LogP contribution in [-0.2, 0) is 9.53 Å². The molecule has 0 rings (SSSR count). The summed E-state index contributed by atoms with van der Waals surface area (Å²) in [5, 5.41) is 10.1. The predicted octanol–water partition coefficient (Wildman–Crippen LogP) is 3.32. The summed E-state index contributed by atoms with van der Waals surface area (Å²) in [5.41, 5.74) is -0.615. The van der Waals surface area contributed by atoms with Crippen LogP contribution in [0, 0.1) is 11.3 Å². The molecule has 0 spiro atoms. The summed E-state index contributed by atoms with van der Waals surface area (Å²) in [7, 11) is 0. The average molecular weight is 256 g/mol. The van der Waals surface area contributed by atoms with Crippen molar-refractivity contribution in [2.75, 3.05) is 6.61 Å². The van der Waals surface area contributed by atoms with Gasteiger partial charge < -0.3 is 9.84 Å². The van der Waals surface area contributed by atoms with Crippen LogP contribution in [0.1, 0.15) is 53.4 Å². The normalized spacial score (nSPS) is 16.1. The van der Waals surface area contributed by atoms with Crippen LogP contribution in [-0.4, -0.2) is 23.8 Å². The maximum absolute atomic E-state index is 12.2. The van der Waals surface area contributed by atoms with Gasteiger partial charge in [0.05, 0.1) is 18.1 Å². The second-order valence-electron chi connectivity index (χ2n) is 5.26. The van der Waals surface area contributed by atoms with Gasteiger partial charge in [-0.1, -0.05) is 33.3 Å². The maximum atomic E-state index is 12.2. The standard InChI is InChI=1S/C15H28O3/c1-6-9-15(10-7-2,14(17)18-8-3)11-13(16)12(4)5/h6,12-13,16H,1,7-11H2,2-5H3/t13-,15+/m1/s1. The molecule has 0 aromatic heterocycles. The zero-order valence-electron chi connectivity index (χ0n) is 12.2. The van der Waals surface area contributed by atoms with Crippen molar-refractivity contribution in [1.82, 2.24) is 0 Å². The number of rotatable bonds is 9. The van der Waals surface area contributed by atoms with Crippen LogP contribution in [0.4, 0.5) is 0 Å². The molecule has 0 aliphatic rings. The fourth-order valence-electron chi connectivity index (χ4n) is 2.23. The molecule has 0 amide bonds. The van der Waals surface area contributed by atoms with E-state index in [1.165, 1.54) is 0 Å². The molecule has 3 nitrogen and oxygen atoms in total. The Morgan fingerprint density at radius 1 is 1.44 bits per heavy atom. The highest BCUT2D eigenvalue weighted by atomic mass is 16.5. The number of aliphatic hydroxyl groups excluding tert-OH is 1.